The first-order valence-electron chi connectivity index (χ1n) is 8.33. The molecule has 25 heavy (non-hydrogen) atoms. The molecule has 1 N–H and O–H groups in total. The molecule has 132 valence electrons. The fourth-order valence-corrected chi connectivity index (χ4v) is 2.75. The molecule has 0 fully saturated rings. The number of fused-ring (bicyclic) bond motifs is 3. The molecule has 0 radical (unpaired) electrons. The molecule has 0 saturated heterocycles. The fraction of sp³-hybridized carbons (Fsp3) is 0.389. The van der Waals surface area contributed by atoms with Crippen molar-refractivity contribution in [2.24, 2.45) is 0 Å². The Labute approximate surface area is 144 Å². The number of carbonyl (C=O) groups excluding carboxylic acids is 1. The molecule has 0 spiro atoms. The minimum Gasteiger partial charge on any atom is -0.422 e. The average molecular weight is 343 g/mol. The van der Waals surface area contributed by atoms with E-state index in [1.54, 1.807) is 10.7 Å². The summed E-state index contributed by atoms with van der Waals surface area (Å²) in [6.45, 7) is 5.77. The SMILES string of the molecule is CCOCCCNC(=O)Cn1ncc2c(=O)oc3ccc(C)cc3c21. The highest BCUT2D eigenvalue weighted by Gasteiger charge is 2.15. The van der Waals surface area contributed by atoms with Crippen LogP contribution < -0.4 is 10.9 Å². The summed E-state index contributed by atoms with van der Waals surface area (Å²) in [4.78, 5) is 24.3. The second kappa shape index (κ2) is 7.48. The third-order valence-corrected chi connectivity index (χ3v) is 3.94. The molecule has 0 aliphatic carbocycles. The van der Waals surface area contributed by atoms with Gasteiger partial charge in [-0.15, -0.1) is 0 Å². The monoisotopic (exact) mass is 343 g/mol. The van der Waals surface area contributed by atoms with Gasteiger partial charge in [0.1, 0.15) is 17.5 Å². The molecule has 0 aliphatic heterocycles. The van der Waals surface area contributed by atoms with Crippen LogP contribution in [0.5, 0.6) is 0 Å². The Morgan fingerprint density at radius 3 is 3.00 bits per heavy atom. The van der Waals surface area contributed by atoms with Gasteiger partial charge in [0, 0.05) is 25.1 Å². The van der Waals surface area contributed by atoms with Gasteiger partial charge in [0.2, 0.25) is 5.91 Å². The molecule has 7 nitrogen and oxygen atoms in total. The molecular weight excluding hydrogens is 322 g/mol. The van der Waals surface area contributed by atoms with Crippen LogP contribution in [0.25, 0.3) is 21.9 Å². The number of aromatic nitrogens is 2. The molecule has 2 heterocycles. The van der Waals surface area contributed by atoms with Gasteiger partial charge in [-0.3, -0.25) is 9.48 Å². The number of ether oxygens (including phenoxy) is 1. The summed E-state index contributed by atoms with van der Waals surface area (Å²) < 4.78 is 12.1. The second-order valence-electron chi connectivity index (χ2n) is 5.85. The first-order valence-corrected chi connectivity index (χ1v) is 8.33. The Morgan fingerprint density at radius 2 is 2.20 bits per heavy atom. The van der Waals surface area contributed by atoms with Crippen molar-refractivity contribution in [2.45, 2.75) is 26.8 Å². The highest BCUT2D eigenvalue weighted by atomic mass is 16.5. The van der Waals surface area contributed by atoms with Crippen LogP contribution in [-0.4, -0.2) is 35.4 Å². The predicted molar refractivity (Wildman–Crippen MR) is 94.6 cm³/mol. The summed E-state index contributed by atoms with van der Waals surface area (Å²) in [5, 5.41) is 8.19. The van der Waals surface area contributed by atoms with Crippen LogP contribution in [0.1, 0.15) is 18.9 Å². The van der Waals surface area contributed by atoms with Crippen LogP contribution >= 0.6 is 0 Å². The van der Waals surface area contributed by atoms with Crippen molar-refractivity contribution in [3.8, 4) is 0 Å². The maximum Gasteiger partial charge on any atom is 0.347 e. The van der Waals surface area contributed by atoms with E-state index in [0.29, 0.717) is 36.2 Å². The van der Waals surface area contributed by atoms with E-state index < -0.39 is 5.63 Å². The number of nitrogens with one attached hydrogen (secondary N) is 1. The Hall–Kier alpha value is -2.67. The van der Waals surface area contributed by atoms with Gasteiger partial charge in [0.15, 0.2) is 0 Å². The normalized spacial score (nSPS) is 11.3. The average Bonchev–Trinajstić information content (AvgIpc) is 3.00. The Kier molecular flexibility index (Phi) is 5.14. The van der Waals surface area contributed by atoms with Crippen LogP contribution in [-0.2, 0) is 16.1 Å². The molecule has 0 aliphatic rings. The van der Waals surface area contributed by atoms with Gasteiger partial charge in [0.05, 0.1) is 11.7 Å². The number of benzene rings is 1. The summed E-state index contributed by atoms with van der Waals surface area (Å²) in [5.74, 6) is -0.157. The third-order valence-electron chi connectivity index (χ3n) is 3.94. The highest BCUT2D eigenvalue weighted by molar-refractivity contribution is 6.02. The largest absolute Gasteiger partial charge is 0.422 e. The van der Waals surface area contributed by atoms with Crippen molar-refractivity contribution < 1.29 is 13.9 Å². The van der Waals surface area contributed by atoms with E-state index in [-0.39, 0.29) is 12.5 Å². The second-order valence-corrected chi connectivity index (χ2v) is 5.85. The number of amides is 1. The van der Waals surface area contributed by atoms with Crippen molar-refractivity contribution >= 4 is 27.8 Å². The van der Waals surface area contributed by atoms with Gasteiger partial charge in [-0.05, 0) is 32.4 Å². The summed E-state index contributed by atoms with van der Waals surface area (Å²) >= 11 is 0. The van der Waals surface area contributed by atoms with E-state index >= 15 is 0 Å². The van der Waals surface area contributed by atoms with Gasteiger partial charge >= 0.3 is 5.63 Å². The van der Waals surface area contributed by atoms with Crippen molar-refractivity contribution in [2.75, 3.05) is 19.8 Å². The van der Waals surface area contributed by atoms with Crippen LogP contribution in [0.15, 0.2) is 33.6 Å². The molecular formula is C18H21N3O4. The Bertz CT molecular complexity index is 958. The fourth-order valence-electron chi connectivity index (χ4n) is 2.75. The topological polar surface area (TPSA) is 86.4 Å². The number of nitrogens with zero attached hydrogens (tertiary/aromatic N) is 2. The van der Waals surface area contributed by atoms with E-state index in [2.05, 4.69) is 10.4 Å². The summed E-state index contributed by atoms with van der Waals surface area (Å²) in [7, 11) is 0. The molecule has 1 amide bonds. The number of carbonyl (C=O) groups is 1. The molecule has 3 rings (SSSR count). The van der Waals surface area contributed by atoms with E-state index in [1.807, 2.05) is 26.0 Å². The van der Waals surface area contributed by atoms with Crippen LogP contribution in [0.4, 0.5) is 0 Å². The summed E-state index contributed by atoms with van der Waals surface area (Å²) in [6.07, 6.45) is 2.20. The summed E-state index contributed by atoms with van der Waals surface area (Å²) in [5.41, 5.74) is 1.70. The molecule has 0 saturated carbocycles. The lowest BCUT2D eigenvalue weighted by atomic mass is 10.1. The zero-order valence-corrected chi connectivity index (χ0v) is 14.4. The number of rotatable bonds is 7. The lowest BCUT2D eigenvalue weighted by molar-refractivity contribution is -0.121. The van der Waals surface area contributed by atoms with Gasteiger partial charge in [-0.2, -0.15) is 5.10 Å². The zero-order valence-electron chi connectivity index (χ0n) is 14.4. The van der Waals surface area contributed by atoms with Crippen molar-refractivity contribution in [3.63, 3.8) is 0 Å². The van der Waals surface area contributed by atoms with Crippen LogP contribution in [0.2, 0.25) is 0 Å². The molecule has 0 bridgehead atoms. The van der Waals surface area contributed by atoms with E-state index in [9.17, 15) is 9.59 Å². The van der Waals surface area contributed by atoms with Gasteiger partial charge in [0.25, 0.3) is 0 Å². The number of aryl methyl sites for hydroxylation is 1. The maximum atomic E-state index is 12.2. The zero-order chi connectivity index (χ0) is 17.8. The van der Waals surface area contributed by atoms with Crippen LogP contribution in [0.3, 0.4) is 0 Å². The Morgan fingerprint density at radius 1 is 1.36 bits per heavy atom. The quantitative estimate of drug-likeness (QED) is 0.524. The van der Waals surface area contributed by atoms with Gasteiger partial charge in [-0.1, -0.05) is 11.6 Å². The minimum absolute atomic E-state index is 0.0463. The predicted octanol–water partition coefficient (Wildman–Crippen LogP) is 1.99. The number of hydrogen-bond acceptors (Lipinski definition) is 5. The summed E-state index contributed by atoms with van der Waals surface area (Å²) in [6, 6.07) is 5.57. The van der Waals surface area contributed by atoms with E-state index in [1.165, 1.54) is 6.20 Å². The highest BCUT2D eigenvalue weighted by Crippen LogP contribution is 2.23. The van der Waals surface area contributed by atoms with Crippen molar-refractivity contribution in [1.29, 1.82) is 0 Å². The van der Waals surface area contributed by atoms with Crippen LogP contribution in [0, 0.1) is 6.92 Å². The van der Waals surface area contributed by atoms with Gasteiger partial charge in [-0.25, -0.2) is 4.79 Å². The first kappa shape index (κ1) is 17.2. The molecule has 7 heteroatoms. The van der Waals surface area contributed by atoms with E-state index in [4.69, 9.17) is 9.15 Å². The molecule has 0 atom stereocenters. The standard InChI is InChI=1S/C18H21N3O4/c1-3-24-8-4-7-19-16(22)11-21-17-13-9-12(2)5-6-15(13)25-18(23)14(17)10-20-21/h5-6,9-10H,3-4,7-8,11H2,1-2H3,(H,19,22). The van der Waals surface area contributed by atoms with Crippen molar-refractivity contribution in [3.05, 3.63) is 40.4 Å². The Balaban J connectivity index is 1.85. The van der Waals surface area contributed by atoms with Gasteiger partial charge < -0.3 is 14.5 Å². The molecule has 1 aromatic carbocycles. The van der Waals surface area contributed by atoms with E-state index in [0.717, 1.165) is 17.4 Å². The smallest absolute Gasteiger partial charge is 0.347 e. The molecule has 0 unspecified atom stereocenters. The maximum absolute atomic E-state index is 12.2. The molecule has 3 aromatic rings. The lowest BCUT2D eigenvalue weighted by Gasteiger charge is -2.08. The van der Waals surface area contributed by atoms with Crippen molar-refractivity contribution in [1.82, 2.24) is 15.1 Å². The minimum atomic E-state index is -0.449. The lowest BCUT2D eigenvalue weighted by Crippen LogP contribution is -2.29. The first-order chi connectivity index (χ1) is 12.1. The number of hydrogen-bond donors (Lipinski definition) is 1. The molecule has 2 aromatic heterocycles. The third kappa shape index (κ3) is 3.71.